The Labute approximate surface area is 165 Å². The van der Waals surface area contributed by atoms with Crippen LogP contribution in [0.15, 0.2) is 60.7 Å². The third-order valence-corrected chi connectivity index (χ3v) is 4.76. The molecule has 5 nitrogen and oxygen atoms in total. The zero-order valence-corrected chi connectivity index (χ0v) is 16.2. The minimum absolute atomic E-state index is 0.0275. The predicted octanol–water partition coefficient (Wildman–Crippen LogP) is 4.42. The molecule has 0 aromatic heterocycles. The van der Waals surface area contributed by atoms with Gasteiger partial charge in [0.2, 0.25) is 0 Å². The molecule has 1 aliphatic carbocycles. The molecular weight excluding hydrogens is 354 g/mol. The van der Waals surface area contributed by atoms with E-state index in [1.807, 2.05) is 24.3 Å². The van der Waals surface area contributed by atoms with Gasteiger partial charge in [-0.15, -0.1) is 6.58 Å². The summed E-state index contributed by atoms with van der Waals surface area (Å²) in [6.07, 6.45) is -0.329. The number of amides is 1. The van der Waals surface area contributed by atoms with E-state index in [9.17, 15) is 9.59 Å². The maximum Gasteiger partial charge on any atom is 0.407 e. The Morgan fingerprint density at radius 3 is 2.14 bits per heavy atom. The molecule has 2 aromatic carbocycles. The Morgan fingerprint density at radius 1 is 1.04 bits per heavy atom. The number of hydrogen-bond donors (Lipinski definition) is 1. The molecule has 1 atom stereocenters. The van der Waals surface area contributed by atoms with Crippen LogP contribution in [0.3, 0.4) is 0 Å². The monoisotopic (exact) mass is 379 g/mol. The van der Waals surface area contributed by atoms with Gasteiger partial charge in [-0.2, -0.15) is 0 Å². The van der Waals surface area contributed by atoms with Gasteiger partial charge in [-0.05, 0) is 42.5 Å². The Morgan fingerprint density at radius 2 is 1.61 bits per heavy atom. The summed E-state index contributed by atoms with van der Waals surface area (Å²) in [5, 5.41) is 2.61. The molecule has 1 N–H and O–H groups in total. The topological polar surface area (TPSA) is 64.6 Å². The number of carbonyl (C=O) groups excluding carboxylic acids is 2. The SMILES string of the molecule is C=C(C)CC(NC(=O)OCC1c2ccccc2-c2ccccc21)C(=O)OCC. The lowest BCUT2D eigenvalue weighted by Gasteiger charge is -2.19. The van der Waals surface area contributed by atoms with Gasteiger partial charge in [0.05, 0.1) is 6.61 Å². The van der Waals surface area contributed by atoms with Crippen LogP contribution in [0.2, 0.25) is 0 Å². The van der Waals surface area contributed by atoms with Crippen molar-refractivity contribution in [2.45, 2.75) is 32.2 Å². The Kier molecular flexibility index (Phi) is 6.14. The molecule has 0 saturated heterocycles. The van der Waals surface area contributed by atoms with E-state index in [1.54, 1.807) is 13.8 Å². The summed E-state index contributed by atoms with van der Waals surface area (Å²) in [5.74, 6) is -0.514. The van der Waals surface area contributed by atoms with Crippen LogP contribution in [0.5, 0.6) is 0 Å². The summed E-state index contributed by atoms with van der Waals surface area (Å²) < 4.78 is 10.5. The third kappa shape index (κ3) is 4.25. The van der Waals surface area contributed by atoms with Crippen molar-refractivity contribution in [3.63, 3.8) is 0 Å². The molecule has 0 spiro atoms. The van der Waals surface area contributed by atoms with Crippen LogP contribution >= 0.6 is 0 Å². The average molecular weight is 379 g/mol. The van der Waals surface area contributed by atoms with Crippen molar-refractivity contribution in [1.82, 2.24) is 5.32 Å². The van der Waals surface area contributed by atoms with Gasteiger partial charge in [-0.25, -0.2) is 9.59 Å². The molecule has 0 radical (unpaired) electrons. The van der Waals surface area contributed by atoms with E-state index in [0.717, 1.165) is 16.7 Å². The molecular formula is C23H25NO4. The van der Waals surface area contributed by atoms with Crippen molar-refractivity contribution < 1.29 is 19.1 Å². The van der Waals surface area contributed by atoms with Gasteiger partial charge in [-0.3, -0.25) is 0 Å². The van der Waals surface area contributed by atoms with Crippen LogP contribution < -0.4 is 5.32 Å². The van der Waals surface area contributed by atoms with Crippen molar-refractivity contribution in [2.75, 3.05) is 13.2 Å². The highest BCUT2D eigenvalue weighted by atomic mass is 16.6. The van der Waals surface area contributed by atoms with Crippen LogP contribution in [0.4, 0.5) is 4.79 Å². The first-order valence-corrected chi connectivity index (χ1v) is 9.43. The zero-order chi connectivity index (χ0) is 20.1. The average Bonchev–Trinajstić information content (AvgIpc) is 3.00. The predicted molar refractivity (Wildman–Crippen MR) is 108 cm³/mol. The van der Waals surface area contributed by atoms with Gasteiger partial charge in [-0.1, -0.05) is 54.1 Å². The number of carbonyl (C=O) groups is 2. The lowest BCUT2D eigenvalue weighted by atomic mass is 9.98. The molecule has 0 heterocycles. The van der Waals surface area contributed by atoms with Gasteiger partial charge in [0.1, 0.15) is 12.6 Å². The lowest BCUT2D eigenvalue weighted by Crippen LogP contribution is -2.42. The van der Waals surface area contributed by atoms with Gasteiger partial charge in [0.25, 0.3) is 0 Å². The summed E-state index contributed by atoms with van der Waals surface area (Å²) >= 11 is 0. The Bertz CT molecular complexity index is 844. The molecule has 0 fully saturated rings. The van der Waals surface area contributed by atoms with Crippen LogP contribution in [0.1, 0.15) is 37.3 Å². The second-order valence-corrected chi connectivity index (χ2v) is 6.94. The van der Waals surface area contributed by atoms with E-state index < -0.39 is 18.1 Å². The smallest absolute Gasteiger partial charge is 0.407 e. The van der Waals surface area contributed by atoms with E-state index in [1.165, 1.54) is 11.1 Å². The number of esters is 1. The van der Waals surface area contributed by atoms with Crippen molar-refractivity contribution in [3.05, 3.63) is 71.8 Å². The summed E-state index contributed by atoms with van der Waals surface area (Å²) in [5.41, 5.74) is 5.38. The number of alkyl carbamates (subject to hydrolysis) is 1. The number of ether oxygens (including phenoxy) is 2. The van der Waals surface area contributed by atoms with E-state index in [2.05, 4.69) is 36.2 Å². The van der Waals surface area contributed by atoms with Crippen molar-refractivity contribution >= 4 is 12.1 Å². The number of nitrogens with one attached hydrogen (secondary N) is 1. The second kappa shape index (κ2) is 8.74. The van der Waals surface area contributed by atoms with E-state index in [4.69, 9.17) is 9.47 Å². The molecule has 0 bridgehead atoms. The number of hydrogen-bond acceptors (Lipinski definition) is 4. The van der Waals surface area contributed by atoms with Gasteiger partial charge < -0.3 is 14.8 Å². The second-order valence-electron chi connectivity index (χ2n) is 6.94. The standard InChI is InChI=1S/C23H25NO4/c1-4-27-22(25)21(13-15(2)3)24-23(26)28-14-20-18-11-7-5-9-16(18)17-10-6-8-12-19(17)20/h5-12,20-21H,2,4,13-14H2,1,3H3,(H,24,26). The highest BCUT2D eigenvalue weighted by Gasteiger charge is 2.30. The summed E-state index contributed by atoms with van der Waals surface area (Å²) in [6.45, 7) is 7.77. The first kappa shape index (κ1) is 19.7. The van der Waals surface area contributed by atoms with E-state index in [-0.39, 0.29) is 19.1 Å². The lowest BCUT2D eigenvalue weighted by molar-refractivity contribution is -0.145. The van der Waals surface area contributed by atoms with Crippen molar-refractivity contribution in [2.24, 2.45) is 0 Å². The van der Waals surface area contributed by atoms with E-state index in [0.29, 0.717) is 6.42 Å². The number of benzene rings is 2. The normalized spacial score (nSPS) is 13.2. The van der Waals surface area contributed by atoms with Gasteiger partial charge >= 0.3 is 12.1 Å². The van der Waals surface area contributed by atoms with Crippen LogP contribution in [0, 0.1) is 0 Å². The zero-order valence-electron chi connectivity index (χ0n) is 16.2. The fourth-order valence-corrected chi connectivity index (χ4v) is 3.57. The highest BCUT2D eigenvalue weighted by Crippen LogP contribution is 2.44. The maximum atomic E-state index is 12.4. The van der Waals surface area contributed by atoms with Gasteiger partial charge in [0.15, 0.2) is 0 Å². The molecule has 2 aromatic rings. The molecule has 3 rings (SSSR count). The molecule has 28 heavy (non-hydrogen) atoms. The summed E-state index contributed by atoms with van der Waals surface area (Å²) in [6, 6.07) is 15.5. The summed E-state index contributed by atoms with van der Waals surface area (Å²) in [4.78, 5) is 24.4. The molecule has 146 valence electrons. The van der Waals surface area contributed by atoms with Crippen molar-refractivity contribution in [3.8, 4) is 11.1 Å². The quantitative estimate of drug-likeness (QED) is 0.571. The third-order valence-electron chi connectivity index (χ3n) is 4.76. The molecule has 0 aliphatic heterocycles. The van der Waals surface area contributed by atoms with Crippen LogP contribution in [-0.2, 0) is 14.3 Å². The van der Waals surface area contributed by atoms with Crippen LogP contribution in [-0.4, -0.2) is 31.3 Å². The van der Waals surface area contributed by atoms with Crippen molar-refractivity contribution in [1.29, 1.82) is 0 Å². The maximum absolute atomic E-state index is 12.4. The fourth-order valence-electron chi connectivity index (χ4n) is 3.57. The molecule has 1 unspecified atom stereocenters. The fraction of sp³-hybridized carbons (Fsp3) is 0.304. The first-order chi connectivity index (χ1) is 13.5. The Hall–Kier alpha value is -3.08. The van der Waals surface area contributed by atoms with E-state index >= 15 is 0 Å². The van der Waals surface area contributed by atoms with Gasteiger partial charge in [0, 0.05) is 5.92 Å². The Balaban J connectivity index is 1.69. The number of rotatable bonds is 7. The molecule has 1 aliphatic rings. The largest absolute Gasteiger partial charge is 0.464 e. The summed E-state index contributed by atoms with van der Waals surface area (Å²) in [7, 11) is 0. The molecule has 5 heteroatoms. The molecule has 0 saturated carbocycles. The van der Waals surface area contributed by atoms with Crippen LogP contribution in [0.25, 0.3) is 11.1 Å². The minimum atomic E-state index is -0.798. The molecule has 1 amide bonds. The first-order valence-electron chi connectivity index (χ1n) is 9.43. The highest BCUT2D eigenvalue weighted by molar-refractivity contribution is 5.82. The minimum Gasteiger partial charge on any atom is -0.464 e. The number of fused-ring (bicyclic) bond motifs is 3.